The van der Waals surface area contributed by atoms with E-state index in [4.69, 9.17) is 14.2 Å². The van der Waals surface area contributed by atoms with Gasteiger partial charge in [0.25, 0.3) is 0 Å². The van der Waals surface area contributed by atoms with Crippen LogP contribution in [-0.4, -0.2) is 51.2 Å². The van der Waals surface area contributed by atoms with Crippen LogP contribution in [0.2, 0.25) is 0 Å². The first-order valence-electron chi connectivity index (χ1n) is 6.59. The fourth-order valence-corrected chi connectivity index (χ4v) is 2.35. The minimum atomic E-state index is -0.667. The van der Waals surface area contributed by atoms with Gasteiger partial charge in [-0.1, -0.05) is 12.8 Å². The van der Waals surface area contributed by atoms with Crippen molar-refractivity contribution in [3.8, 4) is 0 Å². The molecule has 1 aliphatic carbocycles. The summed E-state index contributed by atoms with van der Waals surface area (Å²) in [5, 5.41) is 9.27. The number of hydrogen-bond acceptors (Lipinski definition) is 4. The van der Waals surface area contributed by atoms with Gasteiger partial charge in [0.15, 0.2) is 0 Å². The Morgan fingerprint density at radius 3 is 2.17 bits per heavy atom. The Hall–Kier alpha value is -0.650. The van der Waals surface area contributed by atoms with Crippen molar-refractivity contribution in [3.05, 3.63) is 0 Å². The van der Waals surface area contributed by atoms with Crippen molar-refractivity contribution in [2.24, 2.45) is 5.41 Å². The van der Waals surface area contributed by atoms with E-state index < -0.39 is 11.4 Å². The zero-order chi connectivity index (χ0) is 13.3. The molecular weight excluding hydrogens is 236 g/mol. The van der Waals surface area contributed by atoms with E-state index in [0.717, 1.165) is 25.7 Å². The van der Waals surface area contributed by atoms with E-state index in [1.54, 1.807) is 7.11 Å². The Morgan fingerprint density at radius 1 is 1.06 bits per heavy atom. The number of carboxylic acid groups (broad SMARTS) is 1. The molecule has 0 spiro atoms. The summed E-state index contributed by atoms with van der Waals surface area (Å²) in [6.07, 6.45) is 4.23. The van der Waals surface area contributed by atoms with Gasteiger partial charge in [-0.2, -0.15) is 0 Å². The standard InChI is InChI=1S/C13H24O5/c1-16-8-9-18-11-10-17-7-6-13(12(14)15)4-2-3-5-13/h2-11H2,1H3,(H,14,15). The molecule has 1 fully saturated rings. The lowest BCUT2D eigenvalue weighted by Gasteiger charge is -2.23. The molecule has 0 aliphatic heterocycles. The number of ether oxygens (including phenoxy) is 3. The van der Waals surface area contributed by atoms with Crippen LogP contribution in [-0.2, 0) is 19.0 Å². The van der Waals surface area contributed by atoms with Crippen LogP contribution in [0.1, 0.15) is 32.1 Å². The fourth-order valence-electron chi connectivity index (χ4n) is 2.35. The van der Waals surface area contributed by atoms with Crippen molar-refractivity contribution in [2.45, 2.75) is 32.1 Å². The highest BCUT2D eigenvalue weighted by atomic mass is 16.5. The molecule has 0 atom stereocenters. The fraction of sp³-hybridized carbons (Fsp3) is 0.923. The lowest BCUT2D eigenvalue weighted by Crippen LogP contribution is -2.29. The highest BCUT2D eigenvalue weighted by Gasteiger charge is 2.40. The Morgan fingerprint density at radius 2 is 1.61 bits per heavy atom. The zero-order valence-corrected chi connectivity index (χ0v) is 11.2. The molecule has 5 heteroatoms. The molecule has 0 unspecified atom stereocenters. The summed E-state index contributed by atoms with van der Waals surface area (Å²) in [6.45, 7) is 2.70. The molecule has 1 N–H and O–H groups in total. The molecule has 106 valence electrons. The molecule has 0 saturated heterocycles. The smallest absolute Gasteiger partial charge is 0.309 e. The summed E-state index contributed by atoms with van der Waals surface area (Å²) in [5.41, 5.74) is -0.531. The molecule has 0 aromatic heterocycles. The molecule has 0 bridgehead atoms. The van der Waals surface area contributed by atoms with Crippen molar-refractivity contribution in [2.75, 3.05) is 40.1 Å². The van der Waals surface area contributed by atoms with E-state index in [1.165, 1.54) is 0 Å². The lowest BCUT2D eigenvalue weighted by atomic mass is 9.83. The van der Waals surface area contributed by atoms with Crippen LogP contribution in [0.25, 0.3) is 0 Å². The average molecular weight is 260 g/mol. The number of rotatable bonds is 10. The number of carbonyl (C=O) groups is 1. The van der Waals surface area contributed by atoms with Gasteiger partial charge < -0.3 is 19.3 Å². The number of aliphatic carboxylic acids is 1. The van der Waals surface area contributed by atoms with E-state index in [-0.39, 0.29) is 0 Å². The first-order valence-corrected chi connectivity index (χ1v) is 6.59. The summed E-state index contributed by atoms with van der Waals surface area (Å²) in [4.78, 5) is 11.3. The summed E-state index contributed by atoms with van der Waals surface area (Å²) in [7, 11) is 1.63. The third kappa shape index (κ3) is 4.92. The number of carboxylic acids is 1. The monoisotopic (exact) mass is 260 g/mol. The normalized spacial score (nSPS) is 18.1. The Labute approximate surface area is 108 Å². The van der Waals surface area contributed by atoms with Gasteiger partial charge in [-0.3, -0.25) is 4.79 Å². The maximum absolute atomic E-state index is 11.3. The SMILES string of the molecule is COCCOCCOCCC1(C(=O)O)CCCC1. The minimum Gasteiger partial charge on any atom is -0.481 e. The molecule has 18 heavy (non-hydrogen) atoms. The topological polar surface area (TPSA) is 65.0 Å². The second-order valence-electron chi connectivity index (χ2n) is 4.76. The molecule has 1 aliphatic rings. The van der Waals surface area contributed by atoms with E-state index >= 15 is 0 Å². The van der Waals surface area contributed by atoms with Gasteiger partial charge in [-0.25, -0.2) is 0 Å². The van der Waals surface area contributed by atoms with Crippen molar-refractivity contribution >= 4 is 5.97 Å². The Bertz CT molecular complexity index is 236. The summed E-state index contributed by atoms with van der Waals surface area (Å²) in [6, 6.07) is 0. The van der Waals surface area contributed by atoms with Crippen LogP contribution < -0.4 is 0 Å². The van der Waals surface area contributed by atoms with Crippen molar-refractivity contribution in [1.29, 1.82) is 0 Å². The maximum Gasteiger partial charge on any atom is 0.309 e. The zero-order valence-electron chi connectivity index (χ0n) is 11.2. The molecule has 5 nitrogen and oxygen atoms in total. The van der Waals surface area contributed by atoms with Gasteiger partial charge >= 0.3 is 5.97 Å². The van der Waals surface area contributed by atoms with E-state index in [9.17, 15) is 9.90 Å². The Balaban J connectivity index is 2.04. The first kappa shape index (κ1) is 15.4. The molecular formula is C13H24O5. The minimum absolute atomic E-state index is 0.500. The predicted octanol–water partition coefficient (Wildman–Crippen LogP) is 1.70. The second kappa shape index (κ2) is 8.45. The highest BCUT2D eigenvalue weighted by molar-refractivity contribution is 5.74. The van der Waals surface area contributed by atoms with E-state index in [0.29, 0.717) is 39.5 Å². The van der Waals surface area contributed by atoms with Gasteiger partial charge in [0.1, 0.15) is 0 Å². The van der Waals surface area contributed by atoms with Crippen LogP contribution in [0.5, 0.6) is 0 Å². The molecule has 0 amide bonds. The molecule has 0 radical (unpaired) electrons. The summed E-state index contributed by atoms with van der Waals surface area (Å²) < 4.78 is 15.5. The largest absolute Gasteiger partial charge is 0.481 e. The predicted molar refractivity (Wildman–Crippen MR) is 66.7 cm³/mol. The van der Waals surface area contributed by atoms with Crippen molar-refractivity contribution in [3.63, 3.8) is 0 Å². The maximum atomic E-state index is 11.3. The molecule has 0 heterocycles. The molecule has 0 aromatic rings. The first-order chi connectivity index (χ1) is 8.71. The molecule has 1 rings (SSSR count). The van der Waals surface area contributed by atoms with Crippen LogP contribution in [0.4, 0.5) is 0 Å². The van der Waals surface area contributed by atoms with Crippen LogP contribution in [0.15, 0.2) is 0 Å². The lowest BCUT2D eigenvalue weighted by molar-refractivity contribution is -0.150. The van der Waals surface area contributed by atoms with E-state index in [1.807, 2.05) is 0 Å². The molecule has 1 saturated carbocycles. The average Bonchev–Trinajstić information content (AvgIpc) is 2.83. The van der Waals surface area contributed by atoms with E-state index in [2.05, 4.69) is 0 Å². The quantitative estimate of drug-likeness (QED) is 0.606. The van der Waals surface area contributed by atoms with Gasteiger partial charge in [0, 0.05) is 13.7 Å². The Kier molecular flexibility index (Phi) is 7.23. The number of hydrogen-bond donors (Lipinski definition) is 1. The van der Waals surface area contributed by atoms with Crippen LogP contribution in [0.3, 0.4) is 0 Å². The van der Waals surface area contributed by atoms with Gasteiger partial charge in [0.2, 0.25) is 0 Å². The van der Waals surface area contributed by atoms with Gasteiger partial charge in [-0.05, 0) is 19.3 Å². The van der Waals surface area contributed by atoms with Crippen LogP contribution >= 0.6 is 0 Å². The van der Waals surface area contributed by atoms with Gasteiger partial charge in [-0.15, -0.1) is 0 Å². The molecule has 0 aromatic carbocycles. The van der Waals surface area contributed by atoms with Crippen molar-refractivity contribution < 1.29 is 24.1 Å². The summed E-state index contributed by atoms with van der Waals surface area (Å²) >= 11 is 0. The van der Waals surface area contributed by atoms with Gasteiger partial charge in [0.05, 0.1) is 31.8 Å². The summed E-state index contributed by atoms with van der Waals surface area (Å²) in [5.74, 6) is -0.667. The van der Waals surface area contributed by atoms with Crippen molar-refractivity contribution in [1.82, 2.24) is 0 Å². The number of methoxy groups -OCH3 is 1. The second-order valence-corrected chi connectivity index (χ2v) is 4.76. The third-order valence-corrected chi connectivity index (χ3v) is 3.54. The third-order valence-electron chi connectivity index (χ3n) is 3.54. The van der Waals surface area contributed by atoms with Crippen LogP contribution in [0, 0.1) is 5.41 Å². The highest BCUT2D eigenvalue weighted by Crippen LogP contribution is 2.41.